The van der Waals surface area contributed by atoms with Gasteiger partial charge in [-0.2, -0.15) is 0 Å². The smallest absolute Gasteiger partial charge is 0.339 e. The largest absolute Gasteiger partial charge is 0.478 e. The van der Waals surface area contributed by atoms with Crippen molar-refractivity contribution in [2.75, 3.05) is 11.4 Å². The lowest BCUT2D eigenvalue weighted by atomic mass is 10.0. The second kappa shape index (κ2) is 8.92. The molecule has 5 nitrogen and oxygen atoms in total. The molecule has 30 heavy (non-hydrogen) atoms. The van der Waals surface area contributed by atoms with Crippen LogP contribution in [0.2, 0.25) is 0 Å². The Morgan fingerprint density at radius 1 is 1.20 bits per heavy atom. The summed E-state index contributed by atoms with van der Waals surface area (Å²) < 4.78 is 14.5. The van der Waals surface area contributed by atoms with E-state index in [9.17, 15) is 14.3 Å². The molecule has 0 spiro atoms. The minimum Gasteiger partial charge on any atom is -0.478 e. The Labute approximate surface area is 182 Å². The number of carboxylic acids is 1. The number of rotatable bonds is 6. The van der Waals surface area contributed by atoms with E-state index >= 15 is 0 Å². The van der Waals surface area contributed by atoms with Crippen LogP contribution in [0, 0.1) is 5.82 Å². The van der Waals surface area contributed by atoms with E-state index in [1.165, 1.54) is 23.9 Å². The molecular formula is C23H21BrFN3O2. The van der Waals surface area contributed by atoms with Gasteiger partial charge in [-0.25, -0.2) is 19.2 Å². The fraction of sp³-hybridized carbons (Fsp3) is 0.261. The third-order valence-corrected chi connectivity index (χ3v) is 5.92. The zero-order chi connectivity index (χ0) is 21.1. The van der Waals surface area contributed by atoms with Crippen molar-refractivity contribution in [2.45, 2.75) is 31.7 Å². The fourth-order valence-electron chi connectivity index (χ4n) is 3.91. The third-order valence-electron chi connectivity index (χ3n) is 5.39. The van der Waals surface area contributed by atoms with Crippen LogP contribution in [0.15, 0.2) is 59.2 Å². The predicted octanol–water partition coefficient (Wildman–Crippen LogP) is 5.20. The molecule has 0 unspecified atom stereocenters. The first-order valence-electron chi connectivity index (χ1n) is 9.87. The van der Waals surface area contributed by atoms with Gasteiger partial charge in [0.05, 0.1) is 17.3 Å². The Bertz CT molecular complexity index is 1060. The van der Waals surface area contributed by atoms with Crippen molar-refractivity contribution in [3.8, 4) is 0 Å². The summed E-state index contributed by atoms with van der Waals surface area (Å²) in [6, 6.07) is 14.7. The van der Waals surface area contributed by atoms with Crippen LogP contribution >= 0.6 is 15.9 Å². The number of anilines is 1. The van der Waals surface area contributed by atoms with Crippen LogP contribution in [0.4, 0.5) is 10.3 Å². The SMILES string of the molecule is O=C(O)c1cnc(N2CCC[C@@H]2c2ccc(Br)cc2)nc1CCc1cccc(F)c1. The van der Waals surface area contributed by atoms with Crippen LogP contribution < -0.4 is 4.90 Å². The Morgan fingerprint density at radius 3 is 2.73 bits per heavy atom. The Kier molecular flexibility index (Phi) is 6.08. The van der Waals surface area contributed by atoms with E-state index in [0.29, 0.717) is 24.5 Å². The Balaban J connectivity index is 1.61. The standard InChI is InChI=1S/C23H21BrFN3O2/c24-17-9-7-16(8-10-17)21-5-2-12-28(21)23-26-14-19(22(29)30)20(27-23)11-6-15-3-1-4-18(25)13-15/h1,3-4,7-10,13-14,21H,2,5-6,11-12H2,(H,29,30)/t21-/m1/s1. The number of halogens is 2. The van der Waals surface area contributed by atoms with Crippen molar-refractivity contribution in [3.05, 3.63) is 87.4 Å². The number of benzene rings is 2. The molecule has 1 N–H and O–H groups in total. The van der Waals surface area contributed by atoms with Gasteiger partial charge in [-0.1, -0.05) is 40.2 Å². The summed E-state index contributed by atoms with van der Waals surface area (Å²) in [7, 11) is 0. The van der Waals surface area contributed by atoms with Crippen LogP contribution in [0.5, 0.6) is 0 Å². The average molecular weight is 470 g/mol. The molecule has 3 aromatic rings. The Morgan fingerprint density at radius 2 is 2.00 bits per heavy atom. The summed E-state index contributed by atoms with van der Waals surface area (Å²) in [5, 5.41) is 9.56. The maximum Gasteiger partial charge on any atom is 0.339 e. The number of hydrogen-bond acceptors (Lipinski definition) is 4. The lowest BCUT2D eigenvalue weighted by Crippen LogP contribution is -2.25. The van der Waals surface area contributed by atoms with Crippen molar-refractivity contribution in [2.24, 2.45) is 0 Å². The second-order valence-electron chi connectivity index (χ2n) is 7.37. The molecular weight excluding hydrogens is 449 g/mol. The summed E-state index contributed by atoms with van der Waals surface area (Å²) in [5.41, 5.74) is 2.55. The van der Waals surface area contributed by atoms with E-state index in [2.05, 4.69) is 42.9 Å². The molecule has 1 fully saturated rings. The van der Waals surface area contributed by atoms with Crippen molar-refractivity contribution in [1.82, 2.24) is 9.97 Å². The number of carbonyl (C=O) groups is 1. The van der Waals surface area contributed by atoms with E-state index in [4.69, 9.17) is 0 Å². The van der Waals surface area contributed by atoms with Gasteiger partial charge in [0.25, 0.3) is 0 Å². The number of aryl methyl sites for hydroxylation is 2. The van der Waals surface area contributed by atoms with Gasteiger partial charge < -0.3 is 10.0 Å². The molecule has 0 aliphatic carbocycles. The lowest BCUT2D eigenvalue weighted by Gasteiger charge is -2.25. The van der Waals surface area contributed by atoms with E-state index < -0.39 is 5.97 Å². The summed E-state index contributed by atoms with van der Waals surface area (Å²) >= 11 is 3.47. The first-order chi connectivity index (χ1) is 14.5. The summed E-state index contributed by atoms with van der Waals surface area (Å²) in [6.07, 6.45) is 4.30. The molecule has 7 heteroatoms. The number of aromatic nitrogens is 2. The highest BCUT2D eigenvalue weighted by Crippen LogP contribution is 2.35. The van der Waals surface area contributed by atoms with E-state index in [-0.39, 0.29) is 17.4 Å². The highest BCUT2D eigenvalue weighted by atomic mass is 79.9. The van der Waals surface area contributed by atoms with Crippen molar-refractivity contribution >= 4 is 27.8 Å². The quantitative estimate of drug-likeness (QED) is 0.536. The van der Waals surface area contributed by atoms with Gasteiger partial charge in [0, 0.05) is 17.2 Å². The molecule has 1 saturated heterocycles. The molecule has 1 atom stereocenters. The van der Waals surface area contributed by atoms with Crippen LogP contribution in [0.1, 0.15) is 46.1 Å². The zero-order valence-electron chi connectivity index (χ0n) is 16.3. The molecule has 4 rings (SSSR count). The number of aromatic carboxylic acids is 1. The highest BCUT2D eigenvalue weighted by molar-refractivity contribution is 9.10. The summed E-state index contributed by atoms with van der Waals surface area (Å²) in [4.78, 5) is 22.8. The van der Waals surface area contributed by atoms with Gasteiger partial charge in [0.2, 0.25) is 5.95 Å². The molecule has 2 aromatic carbocycles. The molecule has 2 heterocycles. The monoisotopic (exact) mass is 469 g/mol. The molecule has 0 radical (unpaired) electrons. The topological polar surface area (TPSA) is 66.3 Å². The van der Waals surface area contributed by atoms with Crippen molar-refractivity contribution < 1.29 is 14.3 Å². The first kappa shape index (κ1) is 20.5. The minimum absolute atomic E-state index is 0.0922. The summed E-state index contributed by atoms with van der Waals surface area (Å²) in [6.45, 7) is 0.816. The first-order valence-corrected chi connectivity index (χ1v) is 10.7. The van der Waals surface area contributed by atoms with Crippen LogP contribution in [-0.4, -0.2) is 27.6 Å². The molecule has 0 amide bonds. The van der Waals surface area contributed by atoms with Gasteiger partial charge in [-0.05, 0) is 61.1 Å². The minimum atomic E-state index is -1.05. The van der Waals surface area contributed by atoms with Gasteiger partial charge in [-0.15, -0.1) is 0 Å². The number of hydrogen-bond donors (Lipinski definition) is 1. The van der Waals surface area contributed by atoms with Crippen LogP contribution in [0.3, 0.4) is 0 Å². The van der Waals surface area contributed by atoms with E-state index in [1.807, 2.05) is 18.2 Å². The predicted molar refractivity (Wildman–Crippen MR) is 116 cm³/mol. The maximum absolute atomic E-state index is 13.5. The molecule has 0 bridgehead atoms. The molecule has 1 aliphatic rings. The molecule has 1 aromatic heterocycles. The van der Waals surface area contributed by atoms with Gasteiger partial charge in [0.1, 0.15) is 5.82 Å². The van der Waals surface area contributed by atoms with Gasteiger partial charge >= 0.3 is 5.97 Å². The third kappa shape index (κ3) is 4.51. The van der Waals surface area contributed by atoms with Gasteiger partial charge in [-0.3, -0.25) is 0 Å². The van der Waals surface area contributed by atoms with E-state index in [0.717, 1.165) is 29.4 Å². The zero-order valence-corrected chi connectivity index (χ0v) is 17.8. The average Bonchev–Trinajstić information content (AvgIpc) is 3.22. The number of nitrogens with zero attached hydrogens (tertiary/aromatic N) is 3. The van der Waals surface area contributed by atoms with Crippen LogP contribution in [0.25, 0.3) is 0 Å². The number of carboxylic acid groups (broad SMARTS) is 1. The van der Waals surface area contributed by atoms with Gasteiger partial charge in [0.15, 0.2) is 0 Å². The lowest BCUT2D eigenvalue weighted by molar-refractivity contribution is 0.0694. The Hall–Kier alpha value is -2.80. The molecule has 0 saturated carbocycles. The molecule has 1 aliphatic heterocycles. The summed E-state index contributed by atoms with van der Waals surface area (Å²) in [5.74, 6) is -0.815. The van der Waals surface area contributed by atoms with Crippen LogP contribution in [-0.2, 0) is 12.8 Å². The van der Waals surface area contributed by atoms with Crippen molar-refractivity contribution in [3.63, 3.8) is 0 Å². The second-order valence-corrected chi connectivity index (χ2v) is 8.28. The molecule has 154 valence electrons. The maximum atomic E-state index is 13.5. The van der Waals surface area contributed by atoms with E-state index in [1.54, 1.807) is 6.07 Å². The fourth-order valence-corrected chi connectivity index (χ4v) is 4.17. The highest BCUT2D eigenvalue weighted by Gasteiger charge is 2.29. The van der Waals surface area contributed by atoms with Crippen molar-refractivity contribution in [1.29, 1.82) is 0 Å². The normalized spacial score (nSPS) is 16.1.